The lowest BCUT2D eigenvalue weighted by atomic mass is 9.85. The van der Waals surface area contributed by atoms with Crippen molar-refractivity contribution in [1.29, 1.82) is 0 Å². The fourth-order valence-electron chi connectivity index (χ4n) is 18.6. The first-order valence-corrected chi connectivity index (χ1v) is 38.7. The quantitative estimate of drug-likeness (QED) is 0.0905. The maximum atomic E-state index is 14.7. The van der Waals surface area contributed by atoms with Crippen molar-refractivity contribution in [3.8, 4) is 20.9 Å². The van der Waals surface area contributed by atoms with Gasteiger partial charge in [0.1, 0.15) is 0 Å². The van der Waals surface area contributed by atoms with Crippen LogP contribution in [0.3, 0.4) is 0 Å². The number of hydrogen-bond donors (Lipinski definition) is 0. The summed E-state index contributed by atoms with van der Waals surface area (Å²) in [5.41, 5.74) is 14.6. The molecule has 12 nitrogen and oxygen atoms in total. The van der Waals surface area contributed by atoms with Gasteiger partial charge in [-0.05, 0) is 190 Å². The fourth-order valence-corrected chi connectivity index (χ4v) is 19.8. The lowest BCUT2D eigenvalue weighted by molar-refractivity contribution is 1.30. The van der Waals surface area contributed by atoms with Crippen molar-refractivity contribution >= 4 is 186 Å². The van der Waals surface area contributed by atoms with Crippen LogP contribution in [0.5, 0.6) is 0 Å². The summed E-state index contributed by atoms with van der Waals surface area (Å²) in [7, 11) is 0. The topological polar surface area (TPSA) is 154 Å². The predicted octanol–water partition coefficient (Wildman–Crippen LogP) is 20.4. The van der Waals surface area contributed by atoms with E-state index in [1.807, 2.05) is 206 Å². The van der Waals surface area contributed by atoms with Crippen molar-refractivity contribution in [3.63, 3.8) is 0 Å². The second kappa shape index (κ2) is 24.5. The van der Waals surface area contributed by atoms with Crippen LogP contribution in [0.15, 0.2) is 366 Å². The number of benzene rings is 15. The van der Waals surface area contributed by atoms with Gasteiger partial charge in [-0.3, -0.25) is 38.4 Å². The maximum absolute atomic E-state index is 14.7. The highest BCUT2D eigenvalue weighted by atomic mass is 32.1. The Hall–Kier alpha value is -15.4. The van der Waals surface area contributed by atoms with Crippen LogP contribution >= 0.6 is 11.3 Å². The van der Waals surface area contributed by atoms with Gasteiger partial charge < -0.3 is 17.6 Å². The molecule has 13 heteroatoms. The molecule has 15 aromatic carbocycles. The summed E-state index contributed by atoms with van der Waals surface area (Å²) in [6, 6.07) is 104. The molecule has 0 atom stereocenters. The summed E-state index contributed by atoms with van der Waals surface area (Å²) in [6.45, 7) is 0. The maximum Gasteiger partial charge on any atom is 0.197 e. The minimum atomic E-state index is -0.154. The number of rotatable bonds is 6. The van der Waals surface area contributed by atoms with E-state index >= 15 is 0 Å². The van der Waals surface area contributed by atoms with E-state index < -0.39 is 0 Å². The molecule has 9 aromatic heterocycles. The number of fused-ring (bicyclic) bond motifs is 17. The first-order valence-electron chi connectivity index (χ1n) is 37.9. The van der Waals surface area contributed by atoms with Gasteiger partial charge >= 0.3 is 0 Å². The van der Waals surface area contributed by atoms with Crippen LogP contribution in [0, 0.1) is 0 Å². The molecule has 0 N–H and O–H groups in total. The van der Waals surface area contributed by atoms with Gasteiger partial charge in [-0.15, -0.1) is 11.3 Å². The molecule has 0 aliphatic heterocycles. The minimum absolute atomic E-state index is 0.0807. The van der Waals surface area contributed by atoms with Crippen molar-refractivity contribution in [3.05, 3.63) is 432 Å². The van der Waals surface area contributed by atoms with Crippen LogP contribution in [-0.2, 0) is 0 Å². The van der Waals surface area contributed by atoms with E-state index in [1.165, 1.54) is 0 Å². The molecule has 9 heterocycles. The van der Waals surface area contributed by atoms with Crippen molar-refractivity contribution in [1.82, 2.24) is 17.6 Å². The van der Waals surface area contributed by atoms with E-state index in [0.29, 0.717) is 119 Å². The van der Waals surface area contributed by atoms with Crippen LogP contribution in [0.1, 0.15) is 22.3 Å². The molecular weight excluding hydrogens is 1440 g/mol. The Bertz CT molecular complexity index is 8540. The van der Waals surface area contributed by atoms with Crippen LogP contribution < -0.4 is 43.4 Å². The molecule has 0 unspecified atom stereocenters. The molecule has 0 aliphatic rings. The average Bonchev–Trinajstić information content (AvgIpc) is 1.34. The lowest BCUT2D eigenvalue weighted by Gasteiger charge is -2.20. The highest BCUT2D eigenvalue weighted by molar-refractivity contribution is 7.21. The molecular formula is C102H54N4O8S. The third-order valence-electron chi connectivity index (χ3n) is 23.6. The molecule has 24 aromatic rings. The van der Waals surface area contributed by atoms with Gasteiger partial charge in [0.25, 0.3) is 0 Å². The standard InChI is InChI=1S/C54H30N2O4.C48H24N2O4S/c57-51-35-17-7-9-23-43(35)55-45-27-25-33(29-41(45)53(59)39-21-11-19-37(51)49(39)55)47(31-13-3-1-4-14-31)48(32-15-5-2-6-16-32)34-26-28-46-42(30-34)54(60)40-22-12-20-38-50(40)56(46)44-24-10-8-18-36(44)52(38)58;51-43-29-11-3-5-17-37(29)49-39-21-19-25(23-35(39)45(53)33-15-7-13-31(43)41(33)49)47-27-9-1-2-10-28(27)48(55-47)26-20-22-40-36(24-26)46(54)34-16-8-14-32-42(34)50(40)38-18-6-4-12-30(38)44(32)52/h1-30H;1-24H/b48-47-;. The SMILES string of the molecule is O=c1c2ccccc2n2c3ccc(-c4sc(-c5ccc6c(c5)c(=O)c5cccc7c(=O)c8ccccc8n6c75)c5ccccc45)cc3c(=O)c3cccc1c32.O=c1c2ccccc2n2c3ccc(/C(=C(/c4ccccc4)c4ccc5c(c4)c(=O)c4cccc6c(=O)c7ccccc7n5c64)c4ccccc4)cc3c(=O)c3cccc1c32. The number of para-hydroxylation sites is 8. The zero-order valence-electron chi connectivity index (χ0n) is 60.6. The first-order chi connectivity index (χ1) is 56.4. The van der Waals surface area contributed by atoms with Crippen molar-refractivity contribution in [2.75, 3.05) is 0 Å². The average molecular weight is 1500 g/mol. The zero-order chi connectivity index (χ0) is 76.9. The third kappa shape index (κ3) is 9.23. The Balaban J connectivity index is 0.000000136. The Labute approximate surface area is 651 Å². The summed E-state index contributed by atoms with van der Waals surface area (Å²) in [5, 5.41) is 10.7. The van der Waals surface area contributed by atoms with Gasteiger partial charge in [0.2, 0.25) is 0 Å². The molecule has 0 aliphatic carbocycles. The summed E-state index contributed by atoms with van der Waals surface area (Å²) in [5.74, 6) is 0. The summed E-state index contributed by atoms with van der Waals surface area (Å²) in [6.07, 6.45) is 0. The Morgan fingerprint density at radius 2 is 0.391 bits per heavy atom. The summed E-state index contributed by atoms with van der Waals surface area (Å²) < 4.78 is 8.22. The molecule has 0 spiro atoms. The van der Waals surface area contributed by atoms with Gasteiger partial charge in [0, 0.05) is 107 Å². The van der Waals surface area contributed by atoms with Crippen LogP contribution in [0.25, 0.3) is 195 Å². The number of pyridine rings is 8. The molecule has 115 heavy (non-hydrogen) atoms. The Kier molecular flexibility index (Phi) is 14.0. The number of aromatic nitrogens is 4. The molecule has 0 saturated heterocycles. The second-order valence-corrected chi connectivity index (χ2v) is 30.6. The van der Waals surface area contributed by atoms with E-state index in [9.17, 15) is 38.4 Å². The summed E-state index contributed by atoms with van der Waals surface area (Å²) >= 11 is 1.63. The highest BCUT2D eigenvalue weighted by Gasteiger charge is 2.27. The monoisotopic (exact) mass is 1490 g/mol. The van der Waals surface area contributed by atoms with Crippen LogP contribution in [0.2, 0.25) is 0 Å². The van der Waals surface area contributed by atoms with Gasteiger partial charge in [-0.25, -0.2) is 0 Å². The van der Waals surface area contributed by atoms with Gasteiger partial charge in [-0.1, -0.05) is 182 Å². The number of thiophene rings is 1. The van der Waals surface area contributed by atoms with Gasteiger partial charge in [0.05, 0.1) is 66.2 Å². The molecule has 0 fully saturated rings. The van der Waals surface area contributed by atoms with E-state index in [4.69, 9.17) is 0 Å². The van der Waals surface area contributed by atoms with E-state index in [1.54, 1.807) is 84.1 Å². The highest BCUT2D eigenvalue weighted by Crippen LogP contribution is 2.47. The first kappa shape index (κ1) is 65.4. The number of hydrogen-bond acceptors (Lipinski definition) is 9. The fraction of sp³-hybridized carbons (Fsp3) is 0. The minimum Gasteiger partial charge on any atom is -0.308 e. The molecule has 24 rings (SSSR count). The normalized spacial score (nSPS) is 12.4. The lowest BCUT2D eigenvalue weighted by Crippen LogP contribution is -2.14. The van der Waals surface area contributed by atoms with Crippen LogP contribution in [-0.4, -0.2) is 17.6 Å². The summed E-state index contributed by atoms with van der Waals surface area (Å²) in [4.78, 5) is 114. The Morgan fingerprint density at radius 1 is 0.174 bits per heavy atom. The smallest absolute Gasteiger partial charge is 0.197 e. The molecule has 0 radical (unpaired) electrons. The van der Waals surface area contributed by atoms with Gasteiger partial charge in [0.15, 0.2) is 43.4 Å². The third-order valence-corrected chi connectivity index (χ3v) is 24.9. The zero-order valence-corrected chi connectivity index (χ0v) is 61.5. The van der Waals surface area contributed by atoms with E-state index in [0.717, 1.165) is 98.2 Å². The predicted molar refractivity (Wildman–Crippen MR) is 472 cm³/mol. The molecule has 0 bridgehead atoms. The van der Waals surface area contributed by atoms with Crippen LogP contribution in [0.4, 0.5) is 0 Å². The Morgan fingerprint density at radius 3 is 0.678 bits per heavy atom. The molecule has 0 saturated carbocycles. The second-order valence-electron chi connectivity index (χ2n) is 29.6. The van der Waals surface area contributed by atoms with E-state index in [2.05, 4.69) is 66.1 Å². The molecule has 0 amide bonds. The van der Waals surface area contributed by atoms with Gasteiger partial charge in [-0.2, -0.15) is 0 Å². The van der Waals surface area contributed by atoms with E-state index in [-0.39, 0.29) is 43.4 Å². The van der Waals surface area contributed by atoms with Crippen molar-refractivity contribution < 1.29 is 0 Å². The van der Waals surface area contributed by atoms with Crippen molar-refractivity contribution in [2.24, 2.45) is 0 Å². The molecule has 536 valence electrons. The van der Waals surface area contributed by atoms with Crippen molar-refractivity contribution in [2.45, 2.75) is 0 Å². The number of nitrogens with zero attached hydrogens (tertiary/aromatic N) is 4. The largest absolute Gasteiger partial charge is 0.308 e.